The summed E-state index contributed by atoms with van der Waals surface area (Å²) in [6.07, 6.45) is 9.25. The number of rotatable bonds is 7. The number of phenolic OH excluding ortho intramolecular Hbond substituents is 1. The predicted molar refractivity (Wildman–Crippen MR) is 121 cm³/mol. The Bertz CT molecular complexity index is 685. The number of aliphatic imine (C=N–C) groups is 1. The normalized spacial score (nSPS) is 21.2. The fourth-order valence-corrected chi connectivity index (χ4v) is 4.47. The molecule has 4 N–H and O–H groups in total. The fraction of sp³-hybridized carbons (Fsp3) is 0.652. The van der Waals surface area contributed by atoms with Crippen molar-refractivity contribution >= 4 is 11.9 Å². The molecule has 7 nitrogen and oxygen atoms in total. The Morgan fingerprint density at radius 1 is 1.10 bits per heavy atom. The average molecular weight is 416 g/mol. The summed E-state index contributed by atoms with van der Waals surface area (Å²) >= 11 is 0. The SMILES string of the molecule is CCNC(=NCCNC(=O)c1ccc(O)cc1)NC1CCCN(C2CCCCC2)C1. The van der Waals surface area contributed by atoms with Crippen molar-refractivity contribution in [2.24, 2.45) is 4.99 Å². The van der Waals surface area contributed by atoms with Gasteiger partial charge in [-0.25, -0.2) is 0 Å². The van der Waals surface area contributed by atoms with Gasteiger partial charge in [-0.3, -0.25) is 14.7 Å². The zero-order valence-electron chi connectivity index (χ0n) is 18.2. The molecule has 0 aromatic heterocycles. The highest BCUT2D eigenvalue weighted by Crippen LogP contribution is 2.25. The molecule has 1 atom stereocenters. The van der Waals surface area contributed by atoms with Crippen molar-refractivity contribution in [3.63, 3.8) is 0 Å². The van der Waals surface area contributed by atoms with Crippen LogP contribution in [0.15, 0.2) is 29.3 Å². The molecule has 1 saturated carbocycles. The molecule has 3 rings (SSSR count). The van der Waals surface area contributed by atoms with Crippen LogP contribution in [0.25, 0.3) is 0 Å². The van der Waals surface area contributed by atoms with Crippen LogP contribution >= 0.6 is 0 Å². The van der Waals surface area contributed by atoms with Crippen LogP contribution < -0.4 is 16.0 Å². The summed E-state index contributed by atoms with van der Waals surface area (Å²) in [6, 6.07) is 7.44. The molecule has 1 aromatic rings. The van der Waals surface area contributed by atoms with E-state index in [1.807, 2.05) is 0 Å². The number of amides is 1. The van der Waals surface area contributed by atoms with Gasteiger partial charge in [0.05, 0.1) is 6.54 Å². The molecule has 1 saturated heterocycles. The molecule has 0 radical (unpaired) electrons. The lowest BCUT2D eigenvalue weighted by Gasteiger charge is -2.40. The molecule has 30 heavy (non-hydrogen) atoms. The summed E-state index contributed by atoms with van der Waals surface area (Å²) in [4.78, 5) is 19.5. The van der Waals surface area contributed by atoms with Gasteiger partial charge < -0.3 is 21.1 Å². The van der Waals surface area contributed by atoms with Crippen molar-refractivity contribution in [1.29, 1.82) is 0 Å². The zero-order chi connectivity index (χ0) is 21.2. The van der Waals surface area contributed by atoms with Gasteiger partial charge in [0.2, 0.25) is 0 Å². The lowest BCUT2D eigenvalue weighted by Crippen LogP contribution is -2.53. The second-order valence-electron chi connectivity index (χ2n) is 8.33. The van der Waals surface area contributed by atoms with Gasteiger partial charge in [0.25, 0.3) is 5.91 Å². The highest BCUT2D eigenvalue weighted by atomic mass is 16.3. The molecule has 1 aliphatic heterocycles. The maximum Gasteiger partial charge on any atom is 0.251 e. The standard InChI is InChI=1S/C23H37N5O2/c1-2-24-23(26-15-14-25-22(30)18-10-12-21(29)13-11-18)27-19-7-6-16-28(17-19)20-8-4-3-5-9-20/h10-13,19-20,29H,2-9,14-17H2,1H3,(H,25,30)(H2,24,26,27). The van der Waals surface area contributed by atoms with Crippen molar-refractivity contribution < 1.29 is 9.90 Å². The summed E-state index contributed by atoms with van der Waals surface area (Å²) in [5, 5.41) is 19.1. The number of hydrogen-bond acceptors (Lipinski definition) is 4. The van der Waals surface area contributed by atoms with Gasteiger partial charge in [-0.1, -0.05) is 19.3 Å². The lowest BCUT2D eigenvalue weighted by atomic mass is 9.92. The van der Waals surface area contributed by atoms with E-state index in [0.717, 1.165) is 25.1 Å². The van der Waals surface area contributed by atoms with Crippen LogP contribution in [0.4, 0.5) is 0 Å². The van der Waals surface area contributed by atoms with Crippen molar-refractivity contribution in [2.45, 2.75) is 64.0 Å². The Balaban J connectivity index is 1.45. The minimum atomic E-state index is -0.154. The number of phenols is 1. The minimum absolute atomic E-state index is 0.154. The Kier molecular flexibility index (Phi) is 8.81. The first-order chi connectivity index (χ1) is 14.7. The minimum Gasteiger partial charge on any atom is -0.508 e. The van der Waals surface area contributed by atoms with E-state index in [4.69, 9.17) is 0 Å². The van der Waals surface area contributed by atoms with E-state index in [9.17, 15) is 9.90 Å². The van der Waals surface area contributed by atoms with Gasteiger partial charge in [-0.15, -0.1) is 0 Å². The third kappa shape index (κ3) is 6.90. The first-order valence-electron chi connectivity index (χ1n) is 11.5. The van der Waals surface area contributed by atoms with Crippen LogP contribution in [0.3, 0.4) is 0 Å². The first-order valence-corrected chi connectivity index (χ1v) is 11.5. The van der Waals surface area contributed by atoms with E-state index in [1.54, 1.807) is 12.1 Å². The molecule has 166 valence electrons. The zero-order valence-corrected chi connectivity index (χ0v) is 18.2. The van der Waals surface area contributed by atoms with Crippen LogP contribution in [-0.4, -0.2) is 66.7 Å². The summed E-state index contributed by atoms with van der Waals surface area (Å²) < 4.78 is 0. The van der Waals surface area contributed by atoms with Gasteiger partial charge in [-0.2, -0.15) is 0 Å². The van der Waals surface area contributed by atoms with E-state index >= 15 is 0 Å². The van der Waals surface area contributed by atoms with Crippen molar-refractivity contribution in [2.75, 3.05) is 32.7 Å². The molecular formula is C23H37N5O2. The van der Waals surface area contributed by atoms with E-state index in [0.29, 0.717) is 24.7 Å². The average Bonchev–Trinajstić information content (AvgIpc) is 2.78. The van der Waals surface area contributed by atoms with Gasteiger partial charge in [-0.05, 0) is 63.4 Å². The fourth-order valence-electron chi connectivity index (χ4n) is 4.47. The van der Waals surface area contributed by atoms with Gasteiger partial charge in [0, 0.05) is 37.3 Å². The van der Waals surface area contributed by atoms with Gasteiger partial charge in [0.1, 0.15) is 5.75 Å². The molecule has 0 spiro atoms. The first kappa shape index (κ1) is 22.4. The van der Waals surface area contributed by atoms with Crippen molar-refractivity contribution in [3.05, 3.63) is 29.8 Å². The number of carbonyl (C=O) groups is 1. The van der Waals surface area contributed by atoms with Crippen molar-refractivity contribution in [1.82, 2.24) is 20.9 Å². The molecule has 1 aliphatic carbocycles. The number of hydrogen-bond donors (Lipinski definition) is 4. The van der Waals surface area contributed by atoms with Crippen LogP contribution in [0.1, 0.15) is 62.2 Å². The lowest BCUT2D eigenvalue weighted by molar-refractivity contribution is 0.0955. The van der Waals surface area contributed by atoms with Crippen LogP contribution in [0.2, 0.25) is 0 Å². The molecule has 1 aromatic carbocycles. The molecule has 2 fully saturated rings. The Labute approximate surface area is 180 Å². The third-order valence-electron chi connectivity index (χ3n) is 6.03. The number of guanidine groups is 1. The highest BCUT2D eigenvalue weighted by Gasteiger charge is 2.27. The summed E-state index contributed by atoms with van der Waals surface area (Å²) in [6.45, 7) is 6.17. The number of nitrogens with one attached hydrogen (secondary N) is 3. The van der Waals surface area contributed by atoms with Gasteiger partial charge >= 0.3 is 0 Å². The molecule has 1 unspecified atom stereocenters. The third-order valence-corrected chi connectivity index (χ3v) is 6.03. The predicted octanol–water partition coefficient (Wildman–Crippen LogP) is 2.47. The molecule has 7 heteroatoms. The number of carbonyl (C=O) groups excluding carboxylic acids is 1. The Morgan fingerprint density at radius 3 is 2.60 bits per heavy atom. The number of aromatic hydroxyl groups is 1. The summed E-state index contributed by atoms with van der Waals surface area (Å²) in [7, 11) is 0. The smallest absolute Gasteiger partial charge is 0.251 e. The van der Waals surface area contributed by atoms with Crippen LogP contribution in [0, 0.1) is 0 Å². The van der Waals surface area contributed by atoms with E-state index in [2.05, 4.69) is 32.8 Å². The maximum atomic E-state index is 12.2. The van der Waals surface area contributed by atoms with Crippen molar-refractivity contribution in [3.8, 4) is 5.75 Å². The quantitative estimate of drug-likeness (QED) is 0.312. The Morgan fingerprint density at radius 2 is 1.87 bits per heavy atom. The van der Waals surface area contributed by atoms with E-state index in [1.165, 1.54) is 63.6 Å². The van der Waals surface area contributed by atoms with Gasteiger partial charge in [0.15, 0.2) is 5.96 Å². The van der Waals surface area contributed by atoms with E-state index < -0.39 is 0 Å². The number of benzene rings is 1. The topological polar surface area (TPSA) is 89.0 Å². The summed E-state index contributed by atoms with van der Waals surface area (Å²) in [5.74, 6) is 0.827. The largest absolute Gasteiger partial charge is 0.508 e. The second kappa shape index (κ2) is 11.8. The molecule has 1 amide bonds. The molecular weight excluding hydrogens is 378 g/mol. The molecule has 0 bridgehead atoms. The Hall–Kier alpha value is -2.28. The molecule has 2 aliphatic rings. The highest BCUT2D eigenvalue weighted by molar-refractivity contribution is 5.94. The number of piperidine rings is 1. The second-order valence-corrected chi connectivity index (χ2v) is 8.33. The number of nitrogens with zero attached hydrogens (tertiary/aromatic N) is 2. The van der Waals surface area contributed by atoms with E-state index in [-0.39, 0.29) is 11.7 Å². The maximum absolute atomic E-state index is 12.2. The van der Waals surface area contributed by atoms with Crippen LogP contribution in [0.5, 0.6) is 5.75 Å². The van der Waals surface area contributed by atoms with Crippen LogP contribution in [-0.2, 0) is 0 Å². The molecule has 1 heterocycles. The number of likely N-dealkylation sites (tertiary alicyclic amines) is 1. The summed E-state index contributed by atoms with van der Waals surface area (Å²) in [5.41, 5.74) is 0.534. The monoisotopic (exact) mass is 415 g/mol.